The van der Waals surface area contributed by atoms with Crippen LogP contribution in [-0.4, -0.2) is 54.9 Å². The number of hydrogen-bond donors (Lipinski definition) is 2. The molecule has 186 valence electrons. The second-order valence-electron chi connectivity index (χ2n) is 8.29. The first-order valence-electron chi connectivity index (χ1n) is 11.5. The van der Waals surface area contributed by atoms with Crippen LogP contribution < -0.4 is 11.3 Å². The van der Waals surface area contributed by atoms with Crippen molar-refractivity contribution in [1.82, 2.24) is 19.7 Å². The van der Waals surface area contributed by atoms with Gasteiger partial charge in [-0.2, -0.15) is 4.31 Å². The van der Waals surface area contributed by atoms with Gasteiger partial charge in [0.15, 0.2) is 0 Å². The van der Waals surface area contributed by atoms with E-state index in [4.69, 9.17) is 10.6 Å². The number of carbonyl (C=O) groups is 1. The van der Waals surface area contributed by atoms with Crippen LogP contribution in [0.2, 0.25) is 0 Å². The number of ether oxygens (including phenoxy) is 1. The number of sulfonamides is 1. The lowest BCUT2D eigenvalue weighted by Gasteiger charge is -2.26. The number of nitrogens with zero attached hydrogens (tertiary/aromatic N) is 3. The molecule has 0 bridgehead atoms. The molecule has 1 aliphatic rings. The van der Waals surface area contributed by atoms with E-state index < -0.39 is 15.9 Å². The minimum Gasteiger partial charge on any atom is -0.379 e. The Morgan fingerprint density at radius 3 is 2.27 bits per heavy atom. The third kappa shape index (κ3) is 5.21. The van der Waals surface area contributed by atoms with Crippen molar-refractivity contribution in [3.63, 3.8) is 0 Å². The molecule has 9 nitrogen and oxygen atoms in total. The van der Waals surface area contributed by atoms with Gasteiger partial charge in [-0.25, -0.2) is 19.2 Å². The number of hydrazine groups is 1. The molecule has 0 unspecified atom stereocenters. The van der Waals surface area contributed by atoms with Crippen LogP contribution in [0, 0.1) is 11.8 Å². The molecule has 1 saturated heterocycles. The molecule has 0 saturated carbocycles. The fraction of sp³-hybridized carbons (Fsp3) is 0.148. The number of rotatable bonds is 4. The average Bonchev–Trinajstić information content (AvgIpc) is 2.96. The Morgan fingerprint density at radius 1 is 0.973 bits per heavy atom. The van der Waals surface area contributed by atoms with E-state index in [2.05, 4.69) is 27.2 Å². The summed E-state index contributed by atoms with van der Waals surface area (Å²) in [6.45, 7) is 1.51. The molecule has 2 aromatic carbocycles. The van der Waals surface area contributed by atoms with Gasteiger partial charge in [0, 0.05) is 47.6 Å². The third-order valence-corrected chi connectivity index (χ3v) is 7.89. The number of fused-ring (bicyclic) bond motifs is 1. The van der Waals surface area contributed by atoms with Crippen LogP contribution in [0.3, 0.4) is 0 Å². The largest absolute Gasteiger partial charge is 0.379 e. The normalized spacial score (nSPS) is 14.1. The quantitative estimate of drug-likeness (QED) is 0.186. The zero-order chi connectivity index (χ0) is 25.8. The standard InChI is InChI=1S/C27H23N5O4S/c28-31-27(33)23-17-26(30-25-11-12-29-18-24(23)25)21-7-3-19(4-8-21)1-2-20-5-9-22(10-6-20)37(34,35)32-13-15-36-16-14-32/h3-12,17-18H,13-16,28H2,(H,31,33). The van der Waals surface area contributed by atoms with Crippen molar-refractivity contribution in [1.29, 1.82) is 0 Å². The summed E-state index contributed by atoms with van der Waals surface area (Å²) in [6, 6.07) is 17.5. The number of hydrogen-bond acceptors (Lipinski definition) is 7. The van der Waals surface area contributed by atoms with Gasteiger partial charge in [-0.15, -0.1) is 0 Å². The second kappa shape index (κ2) is 10.5. The van der Waals surface area contributed by atoms with Gasteiger partial charge in [0.25, 0.3) is 5.91 Å². The predicted octanol–water partition coefficient (Wildman–Crippen LogP) is 2.32. The van der Waals surface area contributed by atoms with Crippen LogP contribution in [0.5, 0.6) is 0 Å². The Hall–Kier alpha value is -4.14. The summed E-state index contributed by atoms with van der Waals surface area (Å²) in [5.74, 6) is 11.1. The Morgan fingerprint density at radius 2 is 1.62 bits per heavy atom. The van der Waals surface area contributed by atoms with E-state index in [1.807, 2.05) is 24.3 Å². The van der Waals surface area contributed by atoms with Crippen molar-refractivity contribution in [3.05, 3.63) is 89.7 Å². The molecule has 3 heterocycles. The average molecular weight is 514 g/mol. The summed E-state index contributed by atoms with van der Waals surface area (Å²) < 4.78 is 32.2. The lowest BCUT2D eigenvalue weighted by Crippen LogP contribution is -2.40. The minimum atomic E-state index is -3.54. The molecule has 3 N–H and O–H groups in total. The number of amides is 1. The topological polar surface area (TPSA) is 128 Å². The second-order valence-corrected chi connectivity index (χ2v) is 10.2. The van der Waals surface area contributed by atoms with Crippen molar-refractivity contribution in [2.45, 2.75) is 4.90 Å². The Kier molecular flexibility index (Phi) is 6.94. The maximum absolute atomic E-state index is 12.8. The van der Waals surface area contributed by atoms with Crippen LogP contribution in [0.25, 0.3) is 22.2 Å². The zero-order valence-electron chi connectivity index (χ0n) is 19.7. The van der Waals surface area contributed by atoms with Gasteiger partial charge >= 0.3 is 0 Å². The highest BCUT2D eigenvalue weighted by atomic mass is 32.2. The Bertz CT molecular complexity index is 1620. The van der Waals surface area contributed by atoms with Crippen LogP contribution in [-0.2, 0) is 14.8 Å². The first kappa shape index (κ1) is 24.5. The van der Waals surface area contributed by atoms with Crippen molar-refractivity contribution in [2.24, 2.45) is 5.84 Å². The summed E-state index contributed by atoms with van der Waals surface area (Å²) in [5.41, 5.74) is 6.10. The maximum atomic E-state index is 12.8. The first-order valence-corrected chi connectivity index (χ1v) is 13.0. The van der Waals surface area contributed by atoms with Crippen LogP contribution in [0.15, 0.2) is 78.0 Å². The number of morpholine rings is 1. The molecule has 0 radical (unpaired) electrons. The van der Waals surface area contributed by atoms with Crippen molar-refractivity contribution >= 4 is 26.8 Å². The number of nitrogens with one attached hydrogen (secondary N) is 1. The summed E-state index contributed by atoms with van der Waals surface area (Å²) in [6.07, 6.45) is 3.20. The monoisotopic (exact) mass is 513 g/mol. The molecule has 1 aliphatic heterocycles. The molecule has 5 rings (SSSR count). The highest BCUT2D eigenvalue weighted by Gasteiger charge is 2.26. The fourth-order valence-electron chi connectivity index (χ4n) is 4.00. The lowest BCUT2D eigenvalue weighted by atomic mass is 10.0. The van der Waals surface area contributed by atoms with E-state index in [1.165, 1.54) is 4.31 Å². The van der Waals surface area contributed by atoms with Gasteiger partial charge in [0.1, 0.15) is 0 Å². The van der Waals surface area contributed by atoms with Gasteiger partial charge in [-0.3, -0.25) is 15.2 Å². The zero-order valence-corrected chi connectivity index (χ0v) is 20.5. The van der Waals surface area contributed by atoms with E-state index in [0.29, 0.717) is 54.0 Å². The molecular formula is C27H23N5O4S. The molecule has 37 heavy (non-hydrogen) atoms. The van der Waals surface area contributed by atoms with Gasteiger partial charge in [0.05, 0.1) is 34.9 Å². The molecule has 4 aromatic rings. The number of aromatic nitrogens is 2. The lowest BCUT2D eigenvalue weighted by molar-refractivity contribution is 0.0730. The number of benzene rings is 2. The molecule has 1 amide bonds. The smallest absolute Gasteiger partial charge is 0.265 e. The summed E-state index contributed by atoms with van der Waals surface area (Å²) in [7, 11) is -3.54. The molecule has 1 fully saturated rings. The van der Waals surface area contributed by atoms with E-state index in [9.17, 15) is 13.2 Å². The minimum absolute atomic E-state index is 0.241. The number of carbonyl (C=O) groups excluding carboxylic acids is 1. The Balaban J connectivity index is 1.35. The van der Waals surface area contributed by atoms with Crippen molar-refractivity contribution in [3.8, 4) is 23.1 Å². The van der Waals surface area contributed by atoms with Crippen LogP contribution >= 0.6 is 0 Å². The summed E-state index contributed by atoms with van der Waals surface area (Å²) >= 11 is 0. The third-order valence-electron chi connectivity index (χ3n) is 5.98. The van der Waals surface area contributed by atoms with Gasteiger partial charge in [0.2, 0.25) is 10.0 Å². The summed E-state index contributed by atoms with van der Waals surface area (Å²) in [4.78, 5) is 21.3. The molecule has 2 aromatic heterocycles. The van der Waals surface area contributed by atoms with Gasteiger partial charge in [-0.05, 0) is 48.5 Å². The highest BCUT2D eigenvalue weighted by Crippen LogP contribution is 2.25. The van der Waals surface area contributed by atoms with Crippen molar-refractivity contribution < 1.29 is 17.9 Å². The van der Waals surface area contributed by atoms with E-state index in [1.54, 1.807) is 48.8 Å². The van der Waals surface area contributed by atoms with Gasteiger partial charge in [-0.1, -0.05) is 24.0 Å². The van der Waals surface area contributed by atoms with E-state index in [-0.39, 0.29) is 4.90 Å². The first-order chi connectivity index (χ1) is 18.0. The molecule has 0 aliphatic carbocycles. The molecular weight excluding hydrogens is 490 g/mol. The SMILES string of the molecule is NNC(=O)c1cc(-c2ccc(C#Cc3ccc(S(=O)(=O)N4CCOCC4)cc3)cc2)nc2ccncc12. The number of pyridine rings is 2. The van der Waals surface area contributed by atoms with Gasteiger partial charge < -0.3 is 4.74 Å². The van der Waals surface area contributed by atoms with Crippen LogP contribution in [0.4, 0.5) is 0 Å². The Labute approximate surface area is 214 Å². The number of nitrogens with two attached hydrogens (primary N) is 1. The predicted molar refractivity (Wildman–Crippen MR) is 139 cm³/mol. The maximum Gasteiger partial charge on any atom is 0.265 e. The summed E-state index contributed by atoms with van der Waals surface area (Å²) in [5, 5.41) is 0.612. The van der Waals surface area contributed by atoms with Crippen LogP contribution in [0.1, 0.15) is 21.5 Å². The van der Waals surface area contributed by atoms with Crippen molar-refractivity contribution in [2.75, 3.05) is 26.3 Å². The molecule has 0 spiro atoms. The fourth-order valence-corrected chi connectivity index (χ4v) is 5.41. The highest BCUT2D eigenvalue weighted by molar-refractivity contribution is 7.89. The molecule has 10 heteroatoms. The molecule has 0 atom stereocenters. The van der Waals surface area contributed by atoms with E-state index in [0.717, 1.165) is 11.1 Å². The van der Waals surface area contributed by atoms with E-state index >= 15 is 0 Å². The number of nitrogen functional groups attached to an aromatic ring is 1.